The molecule has 27 valence electrons. The van der Waals surface area contributed by atoms with Crippen molar-refractivity contribution in [2.24, 2.45) is 0 Å². The molecule has 0 bridgehead atoms. The van der Waals surface area contributed by atoms with E-state index >= 15 is 0 Å². The van der Waals surface area contributed by atoms with Crippen molar-refractivity contribution in [2.75, 3.05) is 0 Å². The van der Waals surface area contributed by atoms with E-state index in [-0.39, 0.29) is 28.5 Å². The summed E-state index contributed by atoms with van der Waals surface area (Å²) >= 11 is 0. The zero-order valence-corrected chi connectivity index (χ0v) is 5.17. The fraction of sp³-hybridized carbons (Fsp3) is 0. The van der Waals surface area contributed by atoms with Crippen LogP contribution in [-0.2, 0) is 18.6 Å². The van der Waals surface area contributed by atoms with Crippen molar-refractivity contribution in [3.8, 4) is 0 Å². The van der Waals surface area contributed by atoms with Gasteiger partial charge in [0.25, 0.3) is 0 Å². The second-order valence-corrected chi connectivity index (χ2v) is 0. The minimum absolute atomic E-state index is 0. The fourth-order valence-electron chi connectivity index (χ4n) is 0. The first-order valence-corrected chi connectivity index (χ1v) is 0.354. The van der Waals surface area contributed by atoms with Gasteiger partial charge in [-0.15, -0.1) is 0 Å². The number of hydrogen-bond donors (Lipinski definition) is 0. The third-order valence-corrected chi connectivity index (χ3v) is 0. The second-order valence-electron chi connectivity index (χ2n) is 0. The van der Waals surface area contributed by atoms with Gasteiger partial charge in [-0.05, 0) is 0 Å². The van der Waals surface area contributed by atoms with Gasteiger partial charge in [0.05, 0.1) is 0 Å². The van der Waals surface area contributed by atoms with Crippen LogP contribution in [0.15, 0.2) is 0 Å². The molecule has 0 aromatic heterocycles. The van der Waals surface area contributed by atoms with Gasteiger partial charge in [0, 0.05) is 18.6 Å². The molecule has 0 rings (SSSR count). The number of hydrogen-bond acceptors (Lipinski definition) is 0. The predicted molar refractivity (Wildman–Crippen MR) is 20.1 cm³/mol. The van der Waals surface area contributed by atoms with Crippen LogP contribution in [0.25, 0.3) is 0 Å². The number of rotatable bonds is 0. The van der Waals surface area contributed by atoms with Crippen molar-refractivity contribution in [1.29, 1.82) is 0 Å². The average molecular weight is 117 g/mol. The van der Waals surface area contributed by atoms with Crippen LogP contribution in [0.1, 0.15) is 0 Å². The molecule has 4 heavy (non-hydrogen) atoms. The molecule has 1 nitrogen and oxygen atoms in total. The van der Waals surface area contributed by atoms with Crippen LogP contribution >= 0.6 is 9.90 Å². The van der Waals surface area contributed by atoms with Crippen molar-refractivity contribution in [1.82, 2.24) is 0 Å². The van der Waals surface area contributed by atoms with Crippen molar-refractivity contribution < 1.29 is 23.7 Å². The van der Waals surface area contributed by atoms with Crippen LogP contribution in [0.5, 0.6) is 0 Å². The molecule has 1 radical (unpaired) electrons. The second kappa shape index (κ2) is 37.0. The molecule has 0 amide bonds. The largest absolute Gasteiger partial charge is 0.593 e. The zero-order valence-electron chi connectivity index (χ0n) is 2.36. The Hall–Kier alpha value is 0.974. The molecule has 0 saturated carbocycles. The molecule has 3 heteroatoms. The third kappa shape index (κ3) is 12.2. The van der Waals surface area contributed by atoms with Gasteiger partial charge >= 0.3 is 0 Å². The standard InChI is InChI=1S/CH4O.H3P.V/c1-2;;/h1-2H2;1H3;. The fourth-order valence-corrected chi connectivity index (χ4v) is 0. The Kier molecular flexibility index (Phi) is 187. The van der Waals surface area contributed by atoms with Crippen LogP contribution in [0.4, 0.5) is 0 Å². The Morgan fingerprint density at radius 1 is 1.25 bits per heavy atom. The molecule has 0 aromatic rings. The summed E-state index contributed by atoms with van der Waals surface area (Å²) < 4.78 is 0. The molecule has 0 spiro atoms. The average Bonchev–Trinajstić information content (AvgIpc) is 1.00. The molecule has 0 aliphatic rings. The minimum atomic E-state index is 0. The topological polar surface area (TPSA) is 22.9 Å². The molecule has 0 saturated heterocycles. The predicted octanol–water partition coefficient (Wildman–Crippen LogP) is -0.442. The first-order valence-electron chi connectivity index (χ1n) is 0.354. The molecule has 1 unspecified atom stereocenters. The van der Waals surface area contributed by atoms with Crippen LogP contribution in [0.3, 0.4) is 0 Å². The SMILES string of the molecule is P.[CH2-][OH2+].[V]. The van der Waals surface area contributed by atoms with E-state index < -0.39 is 0 Å². The van der Waals surface area contributed by atoms with Gasteiger partial charge < -0.3 is 5.11 Å². The third-order valence-electron chi connectivity index (χ3n) is 0. The molecule has 2 N–H and O–H groups in total. The van der Waals surface area contributed by atoms with E-state index in [1.807, 2.05) is 0 Å². The molecule has 0 fully saturated rings. The van der Waals surface area contributed by atoms with Crippen LogP contribution in [-0.4, -0.2) is 5.11 Å². The van der Waals surface area contributed by atoms with Crippen LogP contribution in [0.2, 0.25) is 0 Å². The summed E-state index contributed by atoms with van der Waals surface area (Å²) in [5.41, 5.74) is 0. The van der Waals surface area contributed by atoms with Crippen molar-refractivity contribution in [3.63, 3.8) is 0 Å². The quantitative estimate of drug-likeness (QED) is 0.233. The summed E-state index contributed by atoms with van der Waals surface area (Å²) in [6.07, 6.45) is 0. The molecule has 0 aliphatic carbocycles. The van der Waals surface area contributed by atoms with E-state index in [0.717, 1.165) is 0 Å². The van der Waals surface area contributed by atoms with Crippen molar-refractivity contribution >= 4 is 9.90 Å². The Labute approximate surface area is 41.3 Å². The van der Waals surface area contributed by atoms with Crippen LogP contribution < -0.4 is 0 Å². The maximum Gasteiger partial charge on any atom is 0 e. The molecule has 1 atom stereocenters. The van der Waals surface area contributed by atoms with Crippen LogP contribution in [0, 0.1) is 7.11 Å². The first-order chi connectivity index (χ1) is 1.00. The van der Waals surface area contributed by atoms with E-state index in [2.05, 4.69) is 7.11 Å². The summed E-state index contributed by atoms with van der Waals surface area (Å²) in [6, 6.07) is 0. The van der Waals surface area contributed by atoms with E-state index in [4.69, 9.17) is 5.11 Å². The van der Waals surface area contributed by atoms with E-state index in [0.29, 0.717) is 0 Å². The summed E-state index contributed by atoms with van der Waals surface area (Å²) in [7, 11) is 2.50. The monoisotopic (exact) mass is 117 g/mol. The molecule has 0 aliphatic heterocycles. The van der Waals surface area contributed by atoms with Gasteiger partial charge in [-0.2, -0.15) is 9.90 Å². The van der Waals surface area contributed by atoms with Crippen molar-refractivity contribution in [3.05, 3.63) is 7.11 Å². The normalized spacial score (nSPS) is 1.50. The molecular weight excluding hydrogens is 110 g/mol. The zero-order chi connectivity index (χ0) is 2.00. The Bertz CT molecular complexity index is 8.00. The maximum absolute atomic E-state index is 5.50. The van der Waals surface area contributed by atoms with Gasteiger partial charge in [0.1, 0.15) is 0 Å². The van der Waals surface area contributed by atoms with E-state index in [1.54, 1.807) is 0 Å². The summed E-state index contributed by atoms with van der Waals surface area (Å²) in [5, 5.41) is 5.50. The molecule has 0 aromatic carbocycles. The first kappa shape index (κ1) is 20.2. The summed E-state index contributed by atoms with van der Waals surface area (Å²) in [4.78, 5) is 0. The summed E-state index contributed by atoms with van der Waals surface area (Å²) in [5.74, 6) is 0. The molecule has 0 heterocycles. The Morgan fingerprint density at radius 3 is 1.25 bits per heavy atom. The smallest absolute Gasteiger partial charge is 0 e. The minimum Gasteiger partial charge on any atom is -0.593 e. The van der Waals surface area contributed by atoms with Gasteiger partial charge in [-0.3, -0.25) is 0 Å². The molecular formula is CH7OPV. The van der Waals surface area contributed by atoms with E-state index in [9.17, 15) is 0 Å². The maximum atomic E-state index is 5.50. The summed E-state index contributed by atoms with van der Waals surface area (Å²) in [6.45, 7) is 0. The van der Waals surface area contributed by atoms with Gasteiger partial charge in [-0.1, -0.05) is 7.11 Å². The Balaban J connectivity index is -0.00000000500. The van der Waals surface area contributed by atoms with Gasteiger partial charge in [0.2, 0.25) is 0 Å². The van der Waals surface area contributed by atoms with E-state index in [1.165, 1.54) is 0 Å². The van der Waals surface area contributed by atoms with Crippen molar-refractivity contribution in [2.45, 2.75) is 0 Å². The Morgan fingerprint density at radius 2 is 1.25 bits per heavy atom. The van der Waals surface area contributed by atoms with Gasteiger partial charge in [-0.25, -0.2) is 0 Å². The van der Waals surface area contributed by atoms with Gasteiger partial charge in [0.15, 0.2) is 0 Å².